The molecule has 0 amide bonds. The Labute approximate surface area is 138 Å². The highest BCUT2D eigenvalue weighted by atomic mass is 16.5. The van der Waals surface area contributed by atoms with E-state index in [0.29, 0.717) is 23.4 Å². The van der Waals surface area contributed by atoms with E-state index in [-0.39, 0.29) is 11.7 Å². The SMILES string of the molecule is CCCOc1cc(C)c(C(=O)c2cccc(N)c2)cc1C(C)C. The maximum Gasteiger partial charge on any atom is 0.193 e. The lowest BCUT2D eigenvalue weighted by Gasteiger charge is -2.17. The van der Waals surface area contributed by atoms with Gasteiger partial charge in [0.2, 0.25) is 0 Å². The van der Waals surface area contributed by atoms with E-state index >= 15 is 0 Å². The molecule has 0 spiro atoms. The second kappa shape index (κ2) is 7.32. The fourth-order valence-electron chi connectivity index (χ4n) is 2.57. The first-order valence-electron chi connectivity index (χ1n) is 8.11. The van der Waals surface area contributed by atoms with E-state index in [0.717, 1.165) is 23.3 Å². The van der Waals surface area contributed by atoms with Crippen molar-refractivity contribution in [2.24, 2.45) is 0 Å². The summed E-state index contributed by atoms with van der Waals surface area (Å²) in [6, 6.07) is 11.1. The number of nitrogens with two attached hydrogens (primary N) is 1. The molecule has 2 aromatic carbocycles. The van der Waals surface area contributed by atoms with Crippen molar-refractivity contribution < 1.29 is 9.53 Å². The third kappa shape index (κ3) is 3.92. The molecule has 2 rings (SSSR count). The molecule has 0 aliphatic rings. The summed E-state index contributed by atoms with van der Waals surface area (Å²) in [5.74, 6) is 1.16. The van der Waals surface area contributed by atoms with Gasteiger partial charge in [0.1, 0.15) is 5.75 Å². The molecule has 23 heavy (non-hydrogen) atoms. The van der Waals surface area contributed by atoms with Crippen molar-refractivity contribution in [1.82, 2.24) is 0 Å². The Morgan fingerprint density at radius 3 is 2.57 bits per heavy atom. The molecule has 3 heteroatoms. The monoisotopic (exact) mass is 311 g/mol. The molecular formula is C20H25NO2. The summed E-state index contributed by atoms with van der Waals surface area (Å²) < 4.78 is 5.86. The number of ether oxygens (including phenoxy) is 1. The van der Waals surface area contributed by atoms with E-state index in [1.807, 2.05) is 19.1 Å². The normalized spacial score (nSPS) is 10.8. The summed E-state index contributed by atoms with van der Waals surface area (Å²) in [5.41, 5.74) is 9.71. The van der Waals surface area contributed by atoms with Crippen LogP contribution in [0.15, 0.2) is 36.4 Å². The Bertz CT molecular complexity index is 705. The Morgan fingerprint density at radius 2 is 1.96 bits per heavy atom. The highest BCUT2D eigenvalue weighted by Crippen LogP contribution is 2.31. The Balaban J connectivity index is 2.46. The van der Waals surface area contributed by atoms with E-state index in [9.17, 15) is 4.79 Å². The lowest BCUT2D eigenvalue weighted by atomic mass is 9.92. The van der Waals surface area contributed by atoms with Gasteiger partial charge >= 0.3 is 0 Å². The predicted molar refractivity (Wildman–Crippen MR) is 95.3 cm³/mol. The van der Waals surface area contributed by atoms with E-state index in [1.54, 1.807) is 24.3 Å². The maximum atomic E-state index is 12.8. The second-order valence-corrected chi connectivity index (χ2v) is 6.16. The Morgan fingerprint density at radius 1 is 1.22 bits per heavy atom. The molecule has 0 radical (unpaired) electrons. The Hall–Kier alpha value is -2.29. The van der Waals surface area contributed by atoms with Crippen LogP contribution in [0.25, 0.3) is 0 Å². The molecule has 2 N–H and O–H groups in total. The molecule has 3 nitrogen and oxygen atoms in total. The third-order valence-electron chi connectivity index (χ3n) is 3.83. The number of benzene rings is 2. The van der Waals surface area contributed by atoms with Gasteiger partial charge < -0.3 is 10.5 Å². The van der Waals surface area contributed by atoms with Crippen LogP contribution in [-0.4, -0.2) is 12.4 Å². The van der Waals surface area contributed by atoms with Gasteiger partial charge in [-0.3, -0.25) is 4.79 Å². The molecule has 122 valence electrons. The number of carbonyl (C=O) groups excluding carboxylic acids is 1. The molecule has 0 aliphatic heterocycles. The predicted octanol–water partition coefficient (Wildman–Crippen LogP) is 4.72. The number of hydrogen-bond acceptors (Lipinski definition) is 3. The first kappa shape index (κ1) is 17.1. The van der Waals surface area contributed by atoms with E-state index in [1.165, 1.54) is 0 Å². The highest BCUT2D eigenvalue weighted by molar-refractivity contribution is 6.10. The van der Waals surface area contributed by atoms with Gasteiger partial charge in [-0.2, -0.15) is 0 Å². The van der Waals surface area contributed by atoms with Crippen LogP contribution in [0.5, 0.6) is 5.75 Å². The molecule has 0 bridgehead atoms. The Kier molecular flexibility index (Phi) is 5.43. The number of nitrogen functional groups attached to an aromatic ring is 1. The zero-order chi connectivity index (χ0) is 17.0. The second-order valence-electron chi connectivity index (χ2n) is 6.16. The first-order valence-corrected chi connectivity index (χ1v) is 8.11. The van der Waals surface area contributed by atoms with Crippen LogP contribution in [0.1, 0.15) is 60.2 Å². The fourth-order valence-corrected chi connectivity index (χ4v) is 2.57. The molecule has 0 heterocycles. The smallest absolute Gasteiger partial charge is 0.193 e. The lowest BCUT2D eigenvalue weighted by molar-refractivity contribution is 0.103. The van der Waals surface area contributed by atoms with Crippen molar-refractivity contribution >= 4 is 11.5 Å². The van der Waals surface area contributed by atoms with E-state index in [2.05, 4.69) is 20.8 Å². The molecule has 0 unspecified atom stereocenters. The number of anilines is 1. The van der Waals surface area contributed by atoms with Gasteiger partial charge in [0.15, 0.2) is 5.78 Å². The summed E-state index contributed by atoms with van der Waals surface area (Å²) in [7, 11) is 0. The van der Waals surface area contributed by atoms with Crippen LogP contribution in [-0.2, 0) is 0 Å². The number of carbonyl (C=O) groups is 1. The van der Waals surface area contributed by atoms with Crippen LogP contribution in [0.3, 0.4) is 0 Å². The van der Waals surface area contributed by atoms with Crippen molar-refractivity contribution in [2.75, 3.05) is 12.3 Å². The van der Waals surface area contributed by atoms with Crippen LogP contribution in [0.2, 0.25) is 0 Å². The summed E-state index contributed by atoms with van der Waals surface area (Å²) in [5, 5.41) is 0. The molecule has 0 fully saturated rings. The van der Waals surface area contributed by atoms with Crippen molar-refractivity contribution in [1.29, 1.82) is 0 Å². The first-order chi connectivity index (χ1) is 10.9. The van der Waals surface area contributed by atoms with Crippen molar-refractivity contribution in [3.8, 4) is 5.75 Å². The van der Waals surface area contributed by atoms with Crippen LogP contribution in [0, 0.1) is 6.92 Å². The number of ketones is 1. The van der Waals surface area contributed by atoms with E-state index < -0.39 is 0 Å². The van der Waals surface area contributed by atoms with Crippen molar-refractivity contribution in [3.63, 3.8) is 0 Å². The number of hydrogen-bond donors (Lipinski definition) is 1. The zero-order valence-corrected chi connectivity index (χ0v) is 14.3. The summed E-state index contributed by atoms with van der Waals surface area (Å²) >= 11 is 0. The molecular weight excluding hydrogens is 286 g/mol. The van der Waals surface area contributed by atoms with Gasteiger partial charge in [0, 0.05) is 16.8 Å². The van der Waals surface area contributed by atoms with Crippen molar-refractivity contribution in [3.05, 3.63) is 58.7 Å². The largest absolute Gasteiger partial charge is 0.493 e. The number of aryl methyl sites for hydroxylation is 1. The molecule has 0 saturated carbocycles. The topological polar surface area (TPSA) is 52.3 Å². The zero-order valence-electron chi connectivity index (χ0n) is 14.3. The van der Waals surface area contributed by atoms with Gasteiger partial charge in [-0.05, 0) is 54.7 Å². The molecule has 0 aliphatic carbocycles. The van der Waals surface area contributed by atoms with Gasteiger partial charge in [-0.25, -0.2) is 0 Å². The van der Waals surface area contributed by atoms with E-state index in [4.69, 9.17) is 10.5 Å². The van der Waals surface area contributed by atoms with Gasteiger partial charge in [-0.15, -0.1) is 0 Å². The van der Waals surface area contributed by atoms with Gasteiger partial charge in [-0.1, -0.05) is 32.9 Å². The van der Waals surface area contributed by atoms with Crippen LogP contribution >= 0.6 is 0 Å². The van der Waals surface area contributed by atoms with Crippen LogP contribution < -0.4 is 10.5 Å². The van der Waals surface area contributed by atoms with Crippen LogP contribution in [0.4, 0.5) is 5.69 Å². The van der Waals surface area contributed by atoms with Gasteiger partial charge in [0.25, 0.3) is 0 Å². The number of rotatable bonds is 6. The fraction of sp³-hybridized carbons (Fsp3) is 0.350. The third-order valence-corrected chi connectivity index (χ3v) is 3.83. The standard InChI is InChI=1S/C20H25NO2/c1-5-9-23-19-10-14(4)18(12-17(19)13(2)3)20(22)15-7-6-8-16(21)11-15/h6-8,10-13H,5,9,21H2,1-4H3. The minimum Gasteiger partial charge on any atom is -0.493 e. The highest BCUT2D eigenvalue weighted by Gasteiger charge is 2.17. The summed E-state index contributed by atoms with van der Waals surface area (Å²) in [6.45, 7) is 8.93. The molecule has 0 atom stereocenters. The minimum absolute atomic E-state index is 0.00117. The minimum atomic E-state index is -0.00117. The summed E-state index contributed by atoms with van der Waals surface area (Å²) in [4.78, 5) is 12.8. The average molecular weight is 311 g/mol. The lowest BCUT2D eigenvalue weighted by Crippen LogP contribution is -2.08. The van der Waals surface area contributed by atoms with Gasteiger partial charge in [0.05, 0.1) is 6.61 Å². The summed E-state index contributed by atoms with van der Waals surface area (Å²) in [6.07, 6.45) is 0.959. The molecule has 2 aromatic rings. The van der Waals surface area contributed by atoms with Crippen molar-refractivity contribution in [2.45, 2.75) is 40.0 Å². The molecule has 0 aromatic heterocycles. The quantitative estimate of drug-likeness (QED) is 0.620. The average Bonchev–Trinajstić information content (AvgIpc) is 2.52. The maximum absolute atomic E-state index is 12.8. The molecule has 0 saturated heterocycles.